The maximum Gasteiger partial charge on any atom is 0.473 e. The molecule has 230 valence electrons. The summed E-state index contributed by atoms with van der Waals surface area (Å²) < 4.78 is 24.5. The Morgan fingerprint density at radius 1 is 0.711 bits per heavy atom. The first-order valence-electron chi connectivity index (χ1n) is 15.8. The molecule has 3 N–H and O–H groups in total. The third-order valence-corrected chi connectivity index (χ3v) is 8.28. The van der Waals surface area contributed by atoms with Crippen molar-refractivity contribution in [3.05, 3.63) is 0 Å². The minimum atomic E-state index is -4.39. The van der Waals surface area contributed by atoms with Crippen molar-refractivity contribution < 1.29 is 33.2 Å². The van der Waals surface area contributed by atoms with Gasteiger partial charge in [-0.05, 0) is 12.8 Å². The quantitative estimate of drug-likeness (QED) is 0.0509. The van der Waals surface area contributed by atoms with Gasteiger partial charge in [0.2, 0.25) is 0 Å². The molecule has 0 aromatic heterocycles. The lowest BCUT2D eigenvalue weighted by atomic mass is 9.89. The molecule has 0 radical (unpaired) electrons. The second-order valence-electron chi connectivity index (χ2n) is 12.5. The SMILES string of the molecule is CCCCCCCCCCCCCCCCCC(CCCCC)(C[N+](C)(C)C)OP(=O)(O)OCC(O)CO. The molecule has 0 bridgehead atoms. The third kappa shape index (κ3) is 22.8. The van der Waals surface area contributed by atoms with Crippen molar-refractivity contribution in [1.82, 2.24) is 0 Å². The fourth-order valence-electron chi connectivity index (χ4n) is 5.29. The summed E-state index contributed by atoms with van der Waals surface area (Å²) >= 11 is 0. The van der Waals surface area contributed by atoms with Crippen LogP contribution in [-0.4, -0.2) is 72.2 Å². The summed E-state index contributed by atoms with van der Waals surface area (Å²) in [6.07, 6.45) is 22.7. The highest BCUT2D eigenvalue weighted by molar-refractivity contribution is 7.47. The van der Waals surface area contributed by atoms with Crippen molar-refractivity contribution in [2.24, 2.45) is 0 Å². The molecule has 3 unspecified atom stereocenters. The van der Waals surface area contributed by atoms with E-state index in [1.54, 1.807) is 0 Å². The summed E-state index contributed by atoms with van der Waals surface area (Å²) in [4.78, 5) is 10.5. The molecule has 0 saturated heterocycles. The molecule has 0 aliphatic carbocycles. The number of hydrogen-bond donors (Lipinski definition) is 3. The molecule has 0 amide bonds. The first-order valence-corrected chi connectivity index (χ1v) is 17.3. The molecule has 3 atom stereocenters. The fourth-order valence-corrected chi connectivity index (χ4v) is 6.43. The van der Waals surface area contributed by atoms with Crippen LogP contribution in [0.25, 0.3) is 0 Å². The molecule has 0 aliphatic heterocycles. The summed E-state index contributed by atoms with van der Waals surface area (Å²) in [5.74, 6) is 0. The Balaban J connectivity index is 4.58. The Hall–Kier alpha value is -0.0100. The highest BCUT2D eigenvalue weighted by atomic mass is 31.2. The van der Waals surface area contributed by atoms with Gasteiger partial charge in [0.25, 0.3) is 0 Å². The topological polar surface area (TPSA) is 96.2 Å². The van der Waals surface area contributed by atoms with Crippen LogP contribution in [0.5, 0.6) is 0 Å². The fraction of sp³-hybridized carbons (Fsp3) is 1.00. The number of quaternary nitrogens is 1. The van der Waals surface area contributed by atoms with Crippen molar-refractivity contribution in [2.45, 2.75) is 154 Å². The molecule has 8 heteroatoms. The van der Waals surface area contributed by atoms with Crippen LogP contribution in [0.15, 0.2) is 0 Å². The molecule has 0 saturated carbocycles. The number of nitrogens with zero attached hydrogens (tertiary/aromatic N) is 1. The highest BCUT2D eigenvalue weighted by Gasteiger charge is 2.43. The van der Waals surface area contributed by atoms with Gasteiger partial charge in [-0.1, -0.05) is 129 Å². The first-order chi connectivity index (χ1) is 18.0. The lowest BCUT2D eigenvalue weighted by Crippen LogP contribution is -2.50. The van der Waals surface area contributed by atoms with E-state index in [1.165, 1.54) is 83.5 Å². The average molecular weight is 567 g/mol. The maximum atomic E-state index is 12.8. The lowest BCUT2D eigenvalue weighted by molar-refractivity contribution is -0.876. The molecular formula is C30H65NO6P+. The van der Waals surface area contributed by atoms with Crippen molar-refractivity contribution in [3.63, 3.8) is 0 Å². The Morgan fingerprint density at radius 2 is 1.08 bits per heavy atom. The largest absolute Gasteiger partial charge is 0.473 e. The van der Waals surface area contributed by atoms with Gasteiger partial charge in [0, 0.05) is 0 Å². The van der Waals surface area contributed by atoms with Crippen LogP contribution in [0.1, 0.15) is 142 Å². The molecule has 0 aliphatic rings. The zero-order chi connectivity index (χ0) is 28.8. The zero-order valence-corrected chi connectivity index (χ0v) is 26.7. The second-order valence-corrected chi connectivity index (χ2v) is 13.9. The smallest absolute Gasteiger partial charge is 0.394 e. The van der Waals surface area contributed by atoms with Gasteiger partial charge in [0.05, 0.1) is 34.4 Å². The van der Waals surface area contributed by atoms with Crippen molar-refractivity contribution >= 4 is 7.82 Å². The number of rotatable bonds is 28. The summed E-state index contributed by atoms with van der Waals surface area (Å²) in [7, 11) is 1.83. The monoisotopic (exact) mass is 566 g/mol. The van der Waals surface area contributed by atoms with Crippen molar-refractivity contribution in [3.8, 4) is 0 Å². The maximum absolute atomic E-state index is 12.8. The molecule has 0 rings (SSSR count). The average Bonchev–Trinajstić information content (AvgIpc) is 2.84. The van der Waals surface area contributed by atoms with E-state index < -0.39 is 32.7 Å². The van der Waals surface area contributed by atoms with Crippen LogP contribution < -0.4 is 0 Å². The summed E-state index contributed by atoms with van der Waals surface area (Å²) in [5, 5.41) is 18.6. The van der Waals surface area contributed by atoms with Crippen LogP contribution in [0, 0.1) is 0 Å². The summed E-state index contributed by atoms with van der Waals surface area (Å²) in [6.45, 7) is 4.06. The van der Waals surface area contributed by atoms with E-state index in [4.69, 9.17) is 14.2 Å². The number of unbranched alkanes of at least 4 members (excludes halogenated alkanes) is 16. The summed E-state index contributed by atoms with van der Waals surface area (Å²) in [5.41, 5.74) is -0.765. The molecule has 0 spiro atoms. The molecule has 38 heavy (non-hydrogen) atoms. The van der Waals surface area contributed by atoms with Gasteiger partial charge in [0.1, 0.15) is 18.2 Å². The lowest BCUT2D eigenvalue weighted by Gasteiger charge is -2.40. The van der Waals surface area contributed by atoms with E-state index in [-0.39, 0.29) is 0 Å². The molecule has 0 fully saturated rings. The number of phosphoric ester groups is 1. The Morgan fingerprint density at radius 3 is 1.47 bits per heavy atom. The zero-order valence-electron chi connectivity index (χ0n) is 25.8. The van der Waals surface area contributed by atoms with Gasteiger partial charge in [-0.15, -0.1) is 0 Å². The molecule has 0 heterocycles. The van der Waals surface area contributed by atoms with E-state index in [0.717, 1.165) is 32.1 Å². The molecule has 0 aromatic rings. The van der Waals surface area contributed by atoms with Crippen LogP contribution in [0.2, 0.25) is 0 Å². The number of hydrogen-bond acceptors (Lipinski definition) is 5. The van der Waals surface area contributed by atoms with E-state index >= 15 is 0 Å². The predicted octanol–water partition coefficient (Wildman–Crippen LogP) is 7.76. The molecular weight excluding hydrogens is 501 g/mol. The first kappa shape index (κ1) is 38.0. The highest BCUT2D eigenvalue weighted by Crippen LogP contribution is 2.50. The van der Waals surface area contributed by atoms with Gasteiger partial charge < -0.3 is 19.6 Å². The van der Waals surface area contributed by atoms with E-state index in [1.807, 2.05) is 0 Å². The van der Waals surface area contributed by atoms with Gasteiger partial charge in [-0.25, -0.2) is 4.57 Å². The Bertz CT molecular complexity index is 586. The number of aliphatic hydroxyl groups excluding tert-OH is 2. The minimum absolute atomic E-state index is 0.432. The van der Waals surface area contributed by atoms with Gasteiger partial charge in [-0.3, -0.25) is 9.05 Å². The van der Waals surface area contributed by atoms with Crippen molar-refractivity contribution in [1.29, 1.82) is 0 Å². The van der Waals surface area contributed by atoms with Crippen LogP contribution >= 0.6 is 7.82 Å². The number of aliphatic hydroxyl groups is 2. The van der Waals surface area contributed by atoms with E-state index in [2.05, 4.69) is 35.0 Å². The van der Waals surface area contributed by atoms with Crippen LogP contribution in [0.3, 0.4) is 0 Å². The Labute approximate surface area is 235 Å². The van der Waals surface area contributed by atoms with Gasteiger partial charge in [-0.2, -0.15) is 0 Å². The van der Waals surface area contributed by atoms with Gasteiger partial charge in [0.15, 0.2) is 0 Å². The van der Waals surface area contributed by atoms with E-state index in [9.17, 15) is 14.6 Å². The van der Waals surface area contributed by atoms with Crippen LogP contribution in [0.4, 0.5) is 0 Å². The van der Waals surface area contributed by atoms with Crippen molar-refractivity contribution in [2.75, 3.05) is 40.9 Å². The number of likely N-dealkylation sites (N-methyl/N-ethyl adjacent to an activating group) is 1. The Kier molecular flexibility index (Phi) is 22.6. The standard InChI is InChI=1S/C30H64NO6P/c1-6-8-10-11-12-13-14-15-16-17-18-19-20-21-23-25-30(24-22-9-7-2,28-31(3,4)5)37-38(34,35)36-27-29(33)26-32/h29,32-33H,6-28H2,1-5H3/p+1. The van der Waals surface area contributed by atoms with Gasteiger partial charge >= 0.3 is 7.82 Å². The van der Waals surface area contributed by atoms with Crippen LogP contribution in [-0.2, 0) is 13.6 Å². The normalized spacial score (nSPS) is 16.3. The second kappa shape index (κ2) is 22.7. The number of phosphoric acid groups is 1. The van der Waals surface area contributed by atoms with E-state index in [0.29, 0.717) is 23.9 Å². The predicted molar refractivity (Wildman–Crippen MR) is 159 cm³/mol. The summed E-state index contributed by atoms with van der Waals surface area (Å²) in [6, 6.07) is 0. The molecule has 0 aromatic carbocycles. The molecule has 7 nitrogen and oxygen atoms in total. The minimum Gasteiger partial charge on any atom is -0.394 e. The third-order valence-electron chi connectivity index (χ3n) is 7.18.